The minimum absolute atomic E-state index is 1.18. The molecule has 2 rings (SSSR count). The summed E-state index contributed by atoms with van der Waals surface area (Å²) in [4.78, 5) is 7.92. The third-order valence-corrected chi connectivity index (χ3v) is 4.70. The Kier molecular flexibility index (Phi) is 7.88. The van der Waals surface area contributed by atoms with Crippen LogP contribution in [0.25, 0.3) is 0 Å². The van der Waals surface area contributed by atoms with Crippen LogP contribution in [-0.4, -0.2) is 86.7 Å². The highest BCUT2D eigenvalue weighted by Crippen LogP contribution is 2.06. The normalized spacial score (nSPS) is 23.2. The Balaban J connectivity index is 1.46. The number of nitrogens with one attached hydrogen (secondary N) is 1. The Morgan fingerprint density at radius 3 is 1.60 bits per heavy atom. The number of rotatable bonds is 8. The minimum Gasteiger partial charge on any atom is -0.314 e. The van der Waals surface area contributed by atoms with E-state index in [9.17, 15) is 0 Å². The van der Waals surface area contributed by atoms with Crippen molar-refractivity contribution in [2.75, 3.05) is 72.0 Å². The molecule has 2 fully saturated rings. The molecule has 0 bridgehead atoms. The topological polar surface area (TPSA) is 21.8 Å². The molecule has 0 radical (unpaired) electrons. The zero-order chi connectivity index (χ0) is 14.0. The van der Waals surface area contributed by atoms with E-state index in [1.165, 1.54) is 97.7 Å². The summed E-state index contributed by atoms with van der Waals surface area (Å²) >= 11 is 0. The quantitative estimate of drug-likeness (QED) is 0.673. The predicted molar refractivity (Wildman–Crippen MR) is 86.3 cm³/mol. The van der Waals surface area contributed by atoms with Crippen LogP contribution in [0.4, 0.5) is 0 Å². The van der Waals surface area contributed by atoms with Crippen LogP contribution < -0.4 is 5.32 Å². The van der Waals surface area contributed by atoms with Gasteiger partial charge in [0, 0.05) is 52.4 Å². The molecule has 2 aliphatic heterocycles. The highest BCUT2D eigenvalue weighted by Gasteiger charge is 2.15. The zero-order valence-corrected chi connectivity index (χ0v) is 13.4. The number of unbranched alkanes of at least 4 members (excludes halogenated alkanes) is 2. The molecular weight excluding hydrogens is 248 g/mol. The lowest BCUT2D eigenvalue weighted by atomic mass is 10.2. The van der Waals surface area contributed by atoms with Gasteiger partial charge in [-0.05, 0) is 38.9 Å². The highest BCUT2D eigenvalue weighted by molar-refractivity contribution is 4.72. The van der Waals surface area contributed by atoms with Crippen molar-refractivity contribution in [3.63, 3.8) is 0 Å². The standard InChI is InChI=1S/C16H34N4/c1-2-3-8-19-13-15-20(16-14-19)10-5-4-9-18-11-6-17-7-12-18/h17H,2-16H2,1H3. The minimum atomic E-state index is 1.18. The largest absolute Gasteiger partial charge is 0.314 e. The highest BCUT2D eigenvalue weighted by atomic mass is 15.3. The molecule has 0 atom stereocenters. The first kappa shape index (κ1) is 16.2. The second kappa shape index (κ2) is 9.72. The molecule has 0 aromatic carbocycles. The summed E-state index contributed by atoms with van der Waals surface area (Å²) in [5.74, 6) is 0. The van der Waals surface area contributed by atoms with E-state index >= 15 is 0 Å². The molecule has 0 aromatic heterocycles. The second-order valence-corrected chi connectivity index (χ2v) is 6.34. The molecule has 2 heterocycles. The summed E-state index contributed by atoms with van der Waals surface area (Å²) in [5.41, 5.74) is 0. The van der Waals surface area contributed by atoms with Crippen molar-refractivity contribution < 1.29 is 0 Å². The van der Waals surface area contributed by atoms with Gasteiger partial charge < -0.3 is 20.0 Å². The molecule has 0 unspecified atom stereocenters. The molecule has 4 nitrogen and oxygen atoms in total. The Bertz CT molecular complexity index is 233. The molecular formula is C16H34N4. The van der Waals surface area contributed by atoms with Crippen LogP contribution >= 0.6 is 0 Å². The monoisotopic (exact) mass is 282 g/mol. The summed E-state index contributed by atoms with van der Waals surface area (Å²) in [5, 5.41) is 3.42. The molecule has 0 spiro atoms. The number of nitrogens with zero attached hydrogens (tertiary/aromatic N) is 3. The summed E-state index contributed by atoms with van der Waals surface area (Å²) in [7, 11) is 0. The average Bonchev–Trinajstić information content (AvgIpc) is 2.52. The molecule has 20 heavy (non-hydrogen) atoms. The van der Waals surface area contributed by atoms with E-state index in [2.05, 4.69) is 26.9 Å². The SMILES string of the molecule is CCCCN1CCN(CCCCN2CCNCC2)CC1. The predicted octanol–water partition coefficient (Wildman–Crippen LogP) is 1.09. The molecule has 0 aromatic rings. The first-order chi connectivity index (χ1) is 9.88. The lowest BCUT2D eigenvalue weighted by Crippen LogP contribution is -2.47. The van der Waals surface area contributed by atoms with E-state index in [-0.39, 0.29) is 0 Å². The van der Waals surface area contributed by atoms with E-state index in [4.69, 9.17) is 0 Å². The van der Waals surface area contributed by atoms with Gasteiger partial charge in [0.1, 0.15) is 0 Å². The Labute approximate surface area is 125 Å². The number of hydrogen-bond acceptors (Lipinski definition) is 4. The van der Waals surface area contributed by atoms with Crippen molar-refractivity contribution in [1.82, 2.24) is 20.0 Å². The number of hydrogen-bond donors (Lipinski definition) is 1. The summed E-state index contributed by atoms with van der Waals surface area (Å²) in [6.07, 6.45) is 5.44. The lowest BCUT2D eigenvalue weighted by Gasteiger charge is -2.35. The molecule has 2 saturated heterocycles. The maximum Gasteiger partial charge on any atom is 0.0110 e. The first-order valence-corrected chi connectivity index (χ1v) is 8.76. The summed E-state index contributed by atoms with van der Waals surface area (Å²) < 4.78 is 0. The third kappa shape index (κ3) is 6.08. The van der Waals surface area contributed by atoms with Crippen molar-refractivity contribution in [2.24, 2.45) is 0 Å². The molecule has 2 aliphatic rings. The van der Waals surface area contributed by atoms with E-state index < -0.39 is 0 Å². The maximum absolute atomic E-state index is 3.42. The van der Waals surface area contributed by atoms with Crippen LogP contribution in [0.1, 0.15) is 32.6 Å². The maximum atomic E-state index is 3.42. The fraction of sp³-hybridized carbons (Fsp3) is 1.00. The van der Waals surface area contributed by atoms with Gasteiger partial charge in [-0.1, -0.05) is 13.3 Å². The summed E-state index contributed by atoms with van der Waals surface area (Å²) in [6, 6.07) is 0. The van der Waals surface area contributed by atoms with Gasteiger partial charge in [-0.15, -0.1) is 0 Å². The molecule has 0 aliphatic carbocycles. The fourth-order valence-electron chi connectivity index (χ4n) is 3.22. The van der Waals surface area contributed by atoms with Crippen molar-refractivity contribution in [2.45, 2.75) is 32.6 Å². The Morgan fingerprint density at radius 1 is 0.650 bits per heavy atom. The molecule has 0 amide bonds. The molecule has 4 heteroatoms. The Morgan fingerprint density at radius 2 is 1.10 bits per heavy atom. The van der Waals surface area contributed by atoms with Gasteiger partial charge >= 0.3 is 0 Å². The van der Waals surface area contributed by atoms with Crippen LogP contribution in [0.5, 0.6) is 0 Å². The van der Waals surface area contributed by atoms with Crippen LogP contribution in [0.2, 0.25) is 0 Å². The van der Waals surface area contributed by atoms with Crippen molar-refractivity contribution >= 4 is 0 Å². The van der Waals surface area contributed by atoms with E-state index in [0.717, 1.165) is 0 Å². The van der Waals surface area contributed by atoms with Gasteiger partial charge in [0.15, 0.2) is 0 Å². The number of piperazine rings is 2. The summed E-state index contributed by atoms with van der Waals surface area (Å²) in [6.45, 7) is 16.2. The third-order valence-electron chi connectivity index (χ3n) is 4.70. The van der Waals surface area contributed by atoms with Gasteiger partial charge in [0.25, 0.3) is 0 Å². The van der Waals surface area contributed by atoms with Crippen LogP contribution in [0.15, 0.2) is 0 Å². The van der Waals surface area contributed by atoms with Crippen LogP contribution in [0.3, 0.4) is 0 Å². The van der Waals surface area contributed by atoms with E-state index in [0.29, 0.717) is 0 Å². The van der Waals surface area contributed by atoms with Gasteiger partial charge in [-0.3, -0.25) is 0 Å². The lowest BCUT2D eigenvalue weighted by molar-refractivity contribution is 0.128. The zero-order valence-electron chi connectivity index (χ0n) is 13.4. The average molecular weight is 282 g/mol. The van der Waals surface area contributed by atoms with Gasteiger partial charge in [-0.25, -0.2) is 0 Å². The van der Waals surface area contributed by atoms with Gasteiger partial charge in [0.05, 0.1) is 0 Å². The molecule has 0 saturated carbocycles. The van der Waals surface area contributed by atoms with Crippen LogP contribution in [0, 0.1) is 0 Å². The van der Waals surface area contributed by atoms with Crippen molar-refractivity contribution in [1.29, 1.82) is 0 Å². The van der Waals surface area contributed by atoms with Crippen molar-refractivity contribution in [3.8, 4) is 0 Å². The fourth-order valence-corrected chi connectivity index (χ4v) is 3.22. The van der Waals surface area contributed by atoms with E-state index in [1.54, 1.807) is 0 Å². The van der Waals surface area contributed by atoms with Crippen LogP contribution in [-0.2, 0) is 0 Å². The van der Waals surface area contributed by atoms with Gasteiger partial charge in [-0.2, -0.15) is 0 Å². The first-order valence-electron chi connectivity index (χ1n) is 8.76. The van der Waals surface area contributed by atoms with Gasteiger partial charge in [0.2, 0.25) is 0 Å². The smallest absolute Gasteiger partial charge is 0.0110 e. The molecule has 1 N–H and O–H groups in total. The Hall–Kier alpha value is -0.160. The van der Waals surface area contributed by atoms with Crippen molar-refractivity contribution in [3.05, 3.63) is 0 Å². The van der Waals surface area contributed by atoms with E-state index in [1.807, 2.05) is 0 Å². The second-order valence-electron chi connectivity index (χ2n) is 6.34. The molecule has 118 valence electrons.